The Labute approximate surface area is 193 Å². The summed E-state index contributed by atoms with van der Waals surface area (Å²) in [5, 5.41) is 6.46. The predicted octanol–water partition coefficient (Wildman–Crippen LogP) is 3.37. The summed E-state index contributed by atoms with van der Waals surface area (Å²) in [5.41, 5.74) is -3.05. The fourth-order valence-corrected chi connectivity index (χ4v) is 4.23. The first-order valence-electron chi connectivity index (χ1n) is 9.47. The molecule has 0 aromatic heterocycles. The maximum Gasteiger partial charge on any atom is 0.511 e. The third kappa shape index (κ3) is 6.71. The quantitative estimate of drug-likeness (QED) is 0.328. The van der Waals surface area contributed by atoms with Gasteiger partial charge in [-0.25, -0.2) is 8.42 Å². The zero-order valence-electron chi connectivity index (χ0n) is 17.6. The SMILES string of the molecule is CN=C(NCC(C)(C)c1cccc(C)c1)NC1CCN(S(=O)(=O)C(F)(F)F)CC1.I. The Morgan fingerprint density at radius 2 is 1.83 bits per heavy atom. The van der Waals surface area contributed by atoms with Gasteiger partial charge < -0.3 is 10.6 Å². The van der Waals surface area contributed by atoms with Crippen LogP contribution in [-0.4, -0.2) is 56.9 Å². The third-order valence-corrected chi connectivity index (χ3v) is 6.78. The van der Waals surface area contributed by atoms with Crippen LogP contribution in [0.5, 0.6) is 0 Å². The van der Waals surface area contributed by atoms with Crippen molar-refractivity contribution in [3.63, 3.8) is 0 Å². The average molecular weight is 562 g/mol. The normalized spacial score (nSPS) is 17.4. The highest BCUT2D eigenvalue weighted by Gasteiger charge is 2.50. The van der Waals surface area contributed by atoms with Crippen LogP contribution in [0.15, 0.2) is 29.3 Å². The highest BCUT2D eigenvalue weighted by atomic mass is 127. The number of hydrogen-bond acceptors (Lipinski definition) is 3. The molecule has 11 heteroatoms. The molecule has 30 heavy (non-hydrogen) atoms. The largest absolute Gasteiger partial charge is 0.511 e. The minimum atomic E-state index is -5.26. The van der Waals surface area contributed by atoms with Gasteiger partial charge in [0.2, 0.25) is 0 Å². The van der Waals surface area contributed by atoms with Gasteiger partial charge >= 0.3 is 15.5 Å². The molecule has 6 nitrogen and oxygen atoms in total. The number of benzene rings is 1. The Kier molecular flexibility index (Phi) is 9.42. The number of hydrogen-bond donors (Lipinski definition) is 2. The summed E-state index contributed by atoms with van der Waals surface area (Å²) in [6, 6.07) is 8.11. The zero-order valence-corrected chi connectivity index (χ0v) is 20.7. The molecule has 1 aliphatic rings. The molecule has 0 saturated carbocycles. The topological polar surface area (TPSA) is 73.8 Å². The minimum absolute atomic E-state index is 0. The van der Waals surface area contributed by atoms with E-state index in [1.807, 2.05) is 19.1 Å². The number of alkyl halides is 3. The first kappa shape index (κ1) is 27.0. The number of nitrogens with zero attached hydrogens (tertiary/aromatic N) is 2. The Balaban J connectivity index is 0.00000450. The summed E-state index contributed by atoms with van der Waals surface area (Å²) in [6.07, 6.45) is 0.550. The number of rotatable bonds is 5. The van der Waals surface area contributed by atoms with Crippen LogP contribution in [0, 0.1) is 6.92 Å². The summed E-state index contributed by atoms with van der Waals surface area (Å²) < 4.78 is 61.6. The van der Waals surface area contributed by atoms with E-state index in [9.17, 15) is 21.6 Å². The Bertz CT molecular complexity index is 836. The fourth-order valence-electron chi connectivity index (χ4n) is 3.25. The first-order valence-corrected chi connectivity index (χ1v) is 10.9. The molecular weight excluding hydrogens is 532 g/mol. The molecule has 1 aromatic rings. The van der Waals surface area contributed by atoms with Crippen molar-refractivity contribution in [3.8, 4) is 0 Å². The third-order valence-electron chi connectivity index (χ3n) is 5.15. The highest BCUT2D eigenvalue weighted by molar-refractivity contribution is 14.0. The lowest BCUT2D eigenvalue weighted by molar-refractivity contribution is -0.0494. The van der Waals surface area contributed by atoms with E-state index in [1.165, 1.54) is 11.1 Å². The van der Waals surface area contributed by atoms with Crippen molar-refractivity contribution >= 4 is 40.0 Å². The van der Waals surface area contributed by atoms with Crippen LogP contribution in [-0.2, 0) is 15.4 Å². The van der Waals surface area contributed by atoms with Gasteiger partial charge in [-0.2, -0.15) is 17.5 Å². The van der Waals surface area contributed by atoms with Gasteiger partial charge in [0.1, 0.15) is 0 Å². The molecule has 0 spiro atoms. The van der Waals surface area contributed by atoms with E-state index >= 15 is 0 Å². The van der Waals surface area contributed by atoms with Crippen molar-refractivity contribution in [3.05, 3.63) is 35.4 Å². The second-order valence-corrected chi connectivity index (χ2v) is 9.88. The summed E-state index contributed by atoms with van der Waals surface area (Å²) in [6.45, 7) is 6.53. The summed E-state index contributed by atoms with van der Waals surface area (Å²) >= 11 is 0. The molecule has 2 rings (SSSR count). The number of piperidine rings is 1. The van der Waals surface area contributed by atoms with Gasteiger partial charge in [-0.05, 0) is 25.3 Å². The van der Waals surface area contributed by atoms with E-state index in [1.54, 1.807) is 7.05 Å². The molecule has 172 valence electrons. The van der Waals surface area contributed by atoms with Crippen LogP contribution >= 0.6 is 24.0 Å². The number of guanidine groups is 1. The second kappa shape index (κ2) is 10.5. The summed E-state index contributed by atoms with van der Waals surface area (Å²) in [4.78, 5) is 4.19. The molecule has 0 unspecified atom stereocenters. The van der Waals surface area contributed by atoms with Gasteiger partial charge in [-0.15, -0.1) is 24.0 Å². The molecule has 0 atom stereocenters. The number of aryl methyl sites for hydroxylation is 1. The maximum absolute atomic E-state index is 12.7. The van der Waals surface area contributed by atoms with Crippen molar-refractivity contribution in [2.24, 2.45) is 4.99 Å². The molecule has 0 amide bonds. The average Bonchev–Trinajstić information content (AvgIpc) is 2.64. The van der Waals surface area contributed by atoms with Gasteiger partial charge in [0, 0.05) is 38.1 Å². The molecule has 0 radical (unpaired) electrons. The molecule has 0 aliphatic carbocycles. The van der Waals surface area contributed by atoms with Crippen LogP contribution < -0.4 is 10.6 Å². The molecule has 0 bridgehead atoms. The summed E-state index contributed by atoms with van der Waals surface area (Å²) in [5.74, 6) is 0.544. The van der Waals surface area contributed by atoms with Gasteiger partial charge in [0.15, 0.2) is 5.96 Å². The number of sulfonamides is 1. The van der Waals surface area contributed by atoms with Crippen molar-refractivity contribution < 1.29 is 21.6 Å². The zero-order chi connectivity index (χ0) is 21.9. The van der Waals surface area contributed by atoms with Crippen LogP contribution in [0.1, 0.15) is 37.8 Å². The van der Waals surface area contributed by atoms with Crippen molar-refractivity contribution in [1.29, 1.82) is 0 Å². The Hall–Kier alpha value is -1.08. The maximum atomic E-state index is 12.7. The van der Waals surface area contributed by atoms with E-state index in [0.29, 0.717) is 16.8 Å². The Morgan fingerprint density at radius 3 is 2.33 bits per heavy atom. The van der Waals surface area contributed by atoms with Crippen LogP contribution in [0.25, 0.3) is 0 Å². The standard InChI is InChI=1S/C19H29F3N4O2S.HI/c1-14-6-5-7-15(12-14)18(2,3)13-24-17(23-4)25-16-8-10-26(11-9-16)29(27,28)19(20,21)22;/h5-7,12,16H,8-11,13H2,1-4H3,(H2,23,24,25);1H. The number of halogens is 4. The van der Waals surface area contributed by atoms with Gasteiger partial charge in [0.25, 0.3) is 0 Å². The first-order chi connectivity index (χ1) is 13.4. The fraction of sp³-hybridized carbons (Fsp3) is 0.632. The van der Waals surface area contributed by atoms with Crippen molar-refractivity contribution in [1.82, 2.24) is 14.9 Å². The van der Waals surface area contributed by atoms with Crippen molar-refractivity contribution in [2.45, 2.75) is 50.6 Å². The molecule has 1 aromatic carbocycles. The smallest absolute Gasteiger partial charge is 0.356 e. The van der Waals surface area contributed by atoms with E-state index < -0.39 is 15.5 Å². The lowest BCUT2D eigenvalue weighted by Gasteiger charge is -2.33. The molecule has 1 fully saturated rings. The monoisotopic (exact) mass is 562 g/mol. The predicted molar refractivity (Wildman–Crippen MR) is 124 cm³/mol. The molecular formula is C19H30F3IN4O2S. The second-order valence-electron chi connectivity index (χ2n) is 7.95. The number of aliphatic imine (C=N–C) groups is 1. The lowest BCUT2D eigenvalue weighted by Crippen LogP contribution is -2.52. The van der Waals surface area contributed by atoms with Crippen molar-refractivity contribution in [2.75, 3.05) is 26.7 Å². The minimum Gasteiger partial charge on any atom is -0.356 e. The van der Waals surface area contributed by atoms with Gasteiger partial charge in [0.05, 0.1) is 0 Å². The highest BCUT2D eigenvalue weighted by Crippen LogP contribution is 2.29. The van der Waals surface area contributed by atoms with Gasteiger partial charge in [-0.3, -0.25) is 4.99 Å². The molecule has 1 heterocycles. The van der Waals surface area contributed by atoms with E-state index in [-0.39, 0.29) is 61.4 Å². The van der Waals surface area contributed by atoms with E-state index in [2.05, 4.69) is 41.6 Å². The molecule has 1 aliphatic heterocycles. The van der Waals surface area contributed by atoms with Crippen LogP contribution in [0.2, 0.25) is 0 Å². The van der Waals surface area contributed by atoms with Crippen LogP contribution in [0.3, 0.4) is 0 Å². The summed E-state index contributed by atoms with van der Waals surface area (Å²) in [7, 11) is -3.64. The molecule has 1 saturated heterocycles. The van der Waals surface area contributed by atoms with Crippen LogP contribution in [0.4, 0.5) is 13.2 Å². The van der Waals surface area contributed by atoms with E-state index in [0.717, 1.165) is 0 Å². The van der Waals surface area contributed by atoms with Gasteiger partial charge in [-0.1, -0.05) is 43.7 Å². The lowest BCUT2D eigenvalue weighted by atomic mass is 9.84. The van der Waals surface area contributed by atoms with E-state index in [4.69, 9.17) is 0 Å². The molecule has 2 N–H and O–H groups in total. The number of nitrogens with one attached hydrogen (secondary N) is 2. The Morgan fingerprint density at radius 1 is 1.23 bits per heavy atom.